The molecule has 0 aliphatic carbocycles. The van der Waals surface area contributed by atoms with Crippen LogP contribution < -0.4 is 10.5 Å². The van der Waals surface area contributed by atoms with Gasteiger partial charge >= 0.3 is 0 Å². The average molecular weight is 380 g/mol. The zero-order valence-corrected chi connectivity index (χ0v) is 13.1. The smallest absolute Gasteiger partial charge is 0.263 e. The topological polar surface area (TPSA) is 72.2 Å². The van der Waals surface area contributed by atoms with Crippen molar-refractivity contribution in [1.29, 1.82) is 0 Å². The van der Waals surface area contributed by atoms with Gasteiger partial charge in [-0.2, -0.15) is 0 Å². The molecule has 8 heteroatoms. The van der Waals surface area contributed by atoms with Gasteiger partial charge in [-0.1, -0.05) is 33.6 Å². The van der Waals surface area contributed by atoms with Gasteiger partial charge in [0.2, 0.25) is 0 Å². The second-order valence-corrected chi connectivity index (χ2v) is 6.86. The summed E-state index contributed by atoms with van der Waals surface area (Å²) in [5, 5.41) is 0.0155. The third kappa shape index (κ3) is 3.05. The van der Waals surface area contributed by atoms with E-state index in [2.05, 4.69) is 20.7 Å². The van der Waals surface area contributed by atoms with Gasteiger partial charge in [-0.3, -0.25) is 4.72 Å². The van der Waals surface area contributed by atoms with Crippen LogP contribution in [0.1, 0.15) is 0 Å². The fourth-order valence-corrected chi connectivity index (χ4v) is 3.67. The molecule has 0 aliphatic rings. The molecule has 0 spiro atoms. The lowest BCUT2D eigenvalue weighted by Gasteiger charge is -2.12. The van der Waals surface area contributed by atoms with Crippen molar-refractivity contribution < 1.29 is 12.8 Å². The predicted molar refractivity (Wildman–Crippen MR) is 80.8 cm³/mol. The minimum atomic E-state index is -4.03. The first-order valence-electron chi connectivity index (χ1n) is 5.33. The van der Waals surface area contributed by atoms with Crippen LogP contribution in [-0.2, 0) is 10.0 Å². The Kier molecular flexibility index (Phi) is 4.22. The second kappa shape index (κ2) is 5.59. The molecular weight excluding hydrogens is 371 g/mol. The van der Waals surface area contributed by atoms with Crippen LogP contribution in [0.4, 0.5) is 15.8 Å². The lowest BCUT2D eigenvalue weighted by Crippen LogP contribution is -2.15. The molecule has 2 aromatic rings. The van der Waals surface area contributed by atoms with Crippen molar-refractivity contribution in [3.63, 3.8) is 0 Å². The molecular formula is C12H9BrClFN2O2S. The zero-order chi connectivity index (χ0) is 14.9. The molecule has 3 N–H and O–H groups in total. The van der Waals surface area contributed by atoms with Crippen molar-refractivity contribution in [2.45, 2.75) is 4.90 Å². The van der Waals surface area contributed by atoms with Crippen LogP contribution in [0.15, 0.2) is 45.8 Å². The van der Waals surface area contributed by atoms with E-state index in [1.807, 2.05) is 0 Å². The summed E-state index contributed by atoms with van der Waals surface area (Å²) in [6.07, 6.45) is 0. The highest BCUT2D eigenvalue weighted by Gasteiger charge is 2.20. The molecule has 0 radical (unpaired) electrons. The summed E-state index contributed by atoms with van der Waals surface area (Å²) in [6, 6.07) is 8.15. The van der Waals surface area contributed by atoms with E-state index < -0.39 is 15.8 Å². The molecule has 0 atom stereocenters. The van der Waals surface area contributed by atoms with E-state index in [0.29, 0.717) is 4.47 Å². The largest absolute Gasteiger partial charge is 0.397 e. The first kappa shape index (κ1) is 15.1. The quantitative estimate of drug-likeness (QED) is 0.800. The summed E-state index contributed by atoms with van der Waals surface area (Å²) in [5.74, 6) is -0.762. The molecule has 0 saturated heterocycles. The van der Waals surface area contributed by atoms with E-state index in [9.17, 15) is 12.8 Å². The first-order chi connectivity index (χ1) is 9.31. The SMILES string of the molecule is Nc1cccc(F)c1NS(=O)(=O)c1ccc(Br)cc1Cl. The molecule has 0 saturated carbocycles. The Bertz CT molecular complexity index is 748. The summed E-state index contributed by atoms with van der Waals surface area (Å²) in [7, 11) is -4.03. The normalized spacial score (nSPS) is 11.3. The lowest BCUT2D eigenvalue weighted by molar-refractivity contribution is 0.598. The Labute approximate surface area is 128 Å². The molecule has 20 heavy (non-hydrogen) atoms. The van der Waals surface area contributed by atoms with Gasteiger partial charge in [0, 0.05) is 4.47 Å². The highest BCUT2D eigenvalue weighted by Crippen LogP contribution is 2.29. The summed E-state index contributed by atoms with van der Waals surface area (Å²) < 4.78 is 40.8. The third-order valence-corrected chi connectivity index (χ3v) is 4.79. The molecule has 0 aromatic heterocycles. The van der Waals surface area contributed by atoms with Crippen molar-refractivity contribution in [2.24, 2.45) is 0 Å². The summed E-state index contributed by atoms with van der Waals surface area (Å²) in [6.45, 7) is 0. The molecule has 0 heterocycles. The molecule has 0 amide bonds. The number of nitrogens with one attached hydrogen (secondary N) is 1. The van der Waals surface area contributed by atoms with E-state index in [4.69, 9.17) is 17.3 Å². The zero-order valence-electron chi connectivity index (χ0n) is 9.90. The maximum atomic E-state index is 13.6. The highest BCUT2D eigenvalue weighted by atomic mass is 79.9. The van der Waals surface area contributed by atoms with E-state index >= 15 is 0 Å². The Balaban J connectivity index is 2.46. The molecule has 0 bridgehead atoms. The molecule has 0 fully saturated rings. The first-order valence-corrected chi connectivity index (χ1v) is 7.98. The average Bonchev–Trinajstić information content (AvgIpc) is 2.33. The van der Waals surface area contributed by atoms with E-state index in [1.54, 1.807) is 0 Å². The van der Waals surface area contributed by atoms with Gasteiger partial charge in [-0.15, -0.1) is 0 Å². The fourth-order valence-electron chi connectivity index (χ4n) is 1.53. The molecule has 106 valence electrons. The van der Waals surface area contributed by atoms with Gasteiger partial charge in [-0.25, -0.2) is 12.8 Å². The van der Waals surface area contributed by atoms with Crippen LogP contribution in [0, 0.1) is 5.82 Å². The predicted octanol–water partition coefficient (Wildman–Crippen LogP) is 3.62. The Hall–Kier alpha value is -1.31. The van der Waals surface area contributed by atoms with Crippen LogP contribution in [0.25, 0.3) is 0 Å². The minimum absolute atomic E-state index is 0.0122. The van der Waals surface area contributed by atoms with E-state index in [1.165, 1.54) is 30.3 Å². The van der Waals surface area contributed by atoms with Crippen LogP contribution in [-0.4, -0.2) is 8.42 Å². The van der Waals surface area contributed by atoms with Crippen LogP contribution >= 0.6 is 27.5 Å². The number of nitrogens with two attached hydrogens (primary N) is 1. The maximum absolute atomic E-state index is 13.6. The maximum Gasteiger partial charge on any atom is 0.263 e. The van der Waals surface area contributed by atoms with Gasteiger partial charge in [0.05, 0.1) is 10.7 Å². The standard InChI is InChI=1S/C12H9BrClFN2O2S/c13-7-4-5-11(8(14)6-7)20(18,19)17-12-9(15)2-1-3-10(12)16/h1-6,17H,16H2. The number of halogens is 3. The minimum Gasteiger partial charge on any atom is -0.397 e. The van der Waals surface area contributed by atoms with E-state index in [0.717, 1.165) is 6.07 Å². The van der Waals surface area contributed by atoms with Gasteiger partial charge in [0.15, 0.2) is 0 Å². The highest BCUT2D eigenvalue weighted by molar-refractivity contribution is 9.10. The second-order valence-electron chi connectivity index (χ2n) is 3.88. The summed E-state index contributed by atoms with van der Waals surface area (Å²) >= 11 is 9.06. The van der Waals surface area contributed by atoms with Gasteiger partial charge in [0.25, 0.3) is 10.0 Å². The molecule has 2 rings (SSSR count). The number of rotatable bonds is 3. The number of sulfonamides is 1. The summed E-state index contributed by atoms with van der Waals surface area (Å²) in [4.78, 5) is -0.162. The van der Waals surface area contributed by atoms with Crippen molar-refractivity contribution in [2.75, 3.05) is 10.5 Å². The summed E-state index contributed by atoms with van der Waals surface area (Å²) in [5.41, 5.74) is 5.25. The Morgan fingerprint density at radius 3 is 2.55 bits per heavy atom. The molecule has 4 nitrogen and oxygen atoms in total. The lowest BCUT2D eigenvalue weighted by atomic mass is 10.3. The van der Waals surface area contributed by atoms with Crippen molar-refractivity contribution in [3.8, 4) is 0 Å². The third-order valence-electron chi connectivity index (χ3n) is 2.47. The Morgan fingerprint density at radius 2 is 1.95 bits per heavy atom. The monoisotopic (exact) mass is 378 g/mol. The molecule has 2 aromatic carbocycles. The van der Waals surface area contributed by atoms with Crippen LogP contribution in [0.2, 0.25) is 5.02 Å². The number of benzene rings is 2. The van der Waals surface area contributed by atoms with Gasteiger partial charge < -0.3 is 5.73 Å². The van der Waals surface area contributed by atoms with Crippen molar-refractivity contribution >= 4 is 48.9 Å². The van der Waals surface area contributed by atoms with E-state index in [-0.39, 0.29) is 21.3 Å². The molecule has 0 aliphatic heterocycles. The van der Waals surface area contributed by atoms with Gasteiger partial charge in [-0.05, 0) is 30.3 Å². The van der Waals surface area contributed by atoms with Crippen LogP contribution in [0.5, 0.6) is 0 Å². The number of hydrogen-bond acceptors (Lipinski definition) is 3. The van der Waals surface area contributed by atoms with Crippen LogP contribution in [0.3, 0.4) is 0 Å². The molecule has 0 unspecified atom stereocenters. The number of para-hydroxylation sites is 1. The number of anilines is 2. The fraction of sp³-hybridized carbons (Fsp3) is 0. The van der Waals surface area contributed by atoms with Crippen molar-refractivity contribution in [1.82, 2.24) is 0 Å². The number of nitrogen functional groups attached to an aromatic ring is 1. The Morgan fingerprint density at radius 1 is 1.25 bits per heavy atom. The van der Waals surface area contributed by atoms with Crippen molar-refractivity contribution in [3.05, 3.63) is 51.7 Å². The van der Waals surface area contributed by atoms with Gasteiger partial charge in [0.1, 0.15) is 16.4 Å². The number of hydrogen-bond donors (Lipinski definition) is 2.